The highest BCUT2D eigenvalue weighted by molar-refractivity contribution is 4.76. The van der Waals surface area contributed by atoms with Gasteiger partial charge >= 0.3 is 0 Å². The fourth-order valence-corrected chi connectivity index (χ4v) is 2.36. The number of hydrogen-bond donors (Lipinski definition) is 1. The molecule has 1 nitrogen and oxygen atoms in total. The smallest absolute Gasteiger partial charge is 0.00744 e. The Morgan fingerprint density at radius 2 is 1.73 bits per heavy atom. The molecule has 0 spiro atoms. The van der Waals surface area contributed by atoms with Crippen LogP contribution in [0.15, 0.2) is 0 Å². The van der Waals surface area contributed by atoms with Crippen molar-refractivity contribution in [2.45, 2.75) is 73.3 Å². The first-order valence-corrected chi connectivity index (χ1v) is 6.62. The van der Waals surface area contributed by atoms with Gasteiger partial charge in [0.25, 0.3) is 0 Å². The zero-order chi connectivity index (χ0) is 11.9. The molecule has 0 aromatic rings. The van der Waals surface area contributed by atoms with E-state index in [9.17, 15) is 0 Å². The SMILES string of the molecule is CCCC(C)CC(CC(C)(C)C)NCC. The maximum atomic E-state index is 3.63. The largest absolute Gasteiger partial charge is 0.314 e. The minimum Gasteiger partial charge on any atom is -0.314 e. The molecule has 0 rings (SSSR count). The second kappa shape index (κ2) is 7.27. The van der Waals surface area contributed by atoms with Crippen LogP contribution in [-0.2, 0) is 0 Å². The van der Waals surface area contributed by atoms with Crippen molar-refractivity contribution >= 4 is 0 Å². The Labute approximate surface area is 97.0 Å². The first kappa shape index (κ1) is 15.0. The zero-order valence-corrected chi connectivity index (χ0v) is 11.7. The fourth-order valence-electron chi connectivity index (χ4n) is 2.36. The summed E-state index contributed by atoms with van der Waals surface area (Å²) in [7, 11) is 0. The molecular weight excluding hydrogens is 182 g/mol. The summed E-state index contributed by atoms with van der Waals surface area (Å²) in [6.45, 7) is 15.0. The van der Waals surface area contributed by atoms with E-state index >= 15 is 0 Å². The van der Waals surface area contributed by atoms with Gasteiger partial charge in [0.05, 0.1) is 0 Å². The highest BCUT2D eigenvalue weighted by atomic mass is 14.9. The third-order valence-corrected chi connectivity index (χ3v) is 2.82. The predicted molar refractivity (Wildman–Crippen MR) is 70.2 cm³/mol. The molecule has 2 unspecified atom stereocenters. The molecule has 92 valence electrons. The summed E-state index contributed by atoms with van der Waals surface area (Å²) < 4.78 is 0. The molecule has 2 atom stereocenters. The van der Waals surface area contributed by atoms with Crippen molar-refractivity contribution in [3.8, 4) is 0 Å². The molecule has 0 aliphatic heterocycles. The second-order valence-corrected chi connectivity index (χ2v) is 6.15. The fraction of sp³-hybridized carbons (Fsp3) is 1.00. The van der Waals surface area contributed by atoms with Gasteiger partial charge in [-0.25, -0.2) is 0 Å². The highest BCUT2D eigenvalue weighted by Crippen LogP contribution is 2.25. The Kier molecular flexibility index (Phi) is 7.25. The third-order valence-electron chi connectivity index (χ3n) is 2.82. The summed E-state index contributed by atoms with van der Waals surface area (Å²) in [5.74, 6) is 0.862. The van der Waals surface area contributed by atoms with Crippen LogP contribution < -0.4 is 5.32 Å². The van der Waals surface area contributed by atoms with Gasteiger partial charge in [0.15, 0.2) is 0 Å². The molecule has 0 aromatic carbocycles. The van der Waals surface area contributed by atoms with Crippen LogP contribution in [-0.4, -0.2) is 12.6 Å². The topological polar surface area (TPSA) is 12.0 Å². The molecular formula is C14H31N. The van der Waals surface area contributed by atoms with Crippen LogP contribution in [0.2, 0.25) is 0 Å². The van der Waals surface area contributed by atoms with Gasteiger partial charge < -0.3 is 5.32 Å². The van der Waals surface area contributed by atoms with Gasteiger partial charge in [-0.3, -0.25) is 0 Å². The molecule has 0 saturated carbocycles. The van der Waals surface area contributed by atoms with Crippen LogP contribution in [0, 0.1) is 11.3 Å². The lowest BCUT2D eigenvalue weighted by Crippen LogP contribution is -2.34. The molecule has 0 saturated heterocycles. The Hall–Kier alpha value is -0.0400. The van der Waals surface area contributed by atoms with Gasteiger partial charge in [-0.2, -0.15) is 0 Å². The van der Waals surface area contributed by atoms with Crippen LogP contribution in [0.4, 0.5) is 0 Å². The molecule has 0 amide bonds. The van der Waals surface area contributed by atoms with Crippen molar-refractivity contribution in [1.82, 2.24) is 5.32 Å². The van der Waals surface area contributed by atoms with Gasteiger partial charge in [-0.1, -0.05) is 54.4 Å². The quantitative estimate of drug-likeness (QED) is 0.667. The zero-order valence-electron chi connectivity index (χ0n) is 11.7. The number of rotatable bonds is 7. The summed E-state index contributed by atoms with van der Waals surface area (Å²) in [6, 6.07) is 0.705. The number of hydrogen-bond acceptors (Lipinski definition) is 1. The van der Waals surface area contributed by atoms with Gasteiger partial charge in [0, 0.05) is 6.04 Å². The van der Waals surface area contributed by atoms with Crippen LogP contribution in [0.1, 0.15) is 67.2 Å². The van der Waals surface area contributed by atoms with Crippen molar-refractivity contribution in [3.05, 3.63) is 0 Å². The minimum atomic E-state index is 0.443. The summed E-state index contributed by atoms with van der Waals surface area (Å²) in [5.41, 5.74) is 0.443. The molecule has 0 aliphatic carbocycles. The van der Waals surface area contributed by atoms with E-state index < -0.39 is 0 Å². The molecule has 1 N–H and O–H groups in total. The standard InChI is InChI=1S/C14H31N/c1-7-9-12(3)10-13(15-8-2)11-14(4,5)6/h12-13,15H,7-11H2,1-6H3. The average molecular weight is 213 g/mol. The Morgan fingerprint density at radius 1 is 1.13 bits per heavy atom. The summed E-state index contributed by atoms with van der Waals surface area (Å²) in [5, 5.41) is 3.63. The Bertz CT molecular complexity index is 146. The monoisotopic (exact) mass is 213 g/mol. The van der Waals surface area contributed by atoms with Crippen molar-refractivity contribution in [2.24, 2.45) is 11.3 Å². The molecule has 15 heavy (non-hydrogen) atoms. The first-order valence-electron chi connectivity index (χ1n) is 6.62. The lowest BCUT2D eigenvalue weighted by Gasteiger charge is -2.28. The van der Waals surface area contributed by atoms with Crippen molar-refractivity contribution in [2.75, 3.05) is 6.54 Å². The van der Waals surface area contributed by atoms with E-state index in [0.717, 1.165) is 12.5 Å². The molecule has 0 aliphatic rings. The number of nitrogens with one attached hydrogen (secondary N) is 1. The Balaban J connectivity index is 4.03. The van der Waals surface area contributed by atoms with Gasteiger partial charge in [-0.05, 0) is 30.7 Å². The van der Waals surface area contributed by atoms with Crippen LogP contribution >= 0.6 is 0 Å². The average Bonchev–Trinajstić information content (AvgIpc) is 2.01. The van der Waals surface area contributed by atoms with Gasteiger partial charge in [0.1, 0.15) is 0 Å². The summed E-state index contributed by atoms with van der Waals surface area (Å²) in [4.78, 5) is 0. The summed E-state index contributed by atoms with van der Waals surface area (Å²) in [6.07, 6.45) is 5.30. The van der Waals surface area contributed by atoms with E-state index in [4.69, 9.17) is 0 Å². The van der Waals surface area contributed by atoms with E-state index in [-0.39, 0.29) is 0 Å². The lowest BCUT2D eigenvalue weighted by atomic mass is 9.84. The molecule has 0 aromatic heterocycles. The van der Waals surface area contributed by atoms with Crippen molar-refractivity contribution in [1.29, 1.82) is 0 Å². The van der Waals surface area contributed by atoms with Gasteiger partial charge in [0.2, 0.25) is 0 Å². The molecule has 0 radical (unpaired) electrons. The van der Waals surface area contributed by atoms with E-state index in [1.54, 1.807) is 0 Å². The molecule has 0 heterocycles. The Morgan fingerprint density at radius 3 is 2.13 bits per heavy atom. The van der Waals surface area contributed by atoms with Gasteiger partial charge in [-0.15, -0.1) is 0 Å². The van der Waals surface area contributed by atoms with E-state index in [1.807, 2.05) is 0 Å². The normalized spacial score (nSPS) is 16.4. The van der Waals surface area contributed by atoms with Crippen LogP contribution in [0.3, 0.4) is 0 Å². The first-order chi connectivity index (χ1) is 6.89. The molecule has 1 heteroatoms. The van der Waals surface area contributed by atoms with E-state index in [1.165, 1.54) is 25.7 Å². The molecule has 0 fully saturated rings. The van der Waals surface area contributed by atoms with E-state index in [0.29, 0.717) is 11.5 Å². The predicted octanol–water partition coefficient (Wildman–Crippen LogP) is 4.23. The van der Waals surface area contributed by atoms with Crippen molar-refractivity contribution in [3.63, 3.8) is 0 Å². The van der Waals surface area contributed by atoms with Crippen LogP contribution in [0.5, 0.6) is 0 Å². The second-order valence-electron chi connectivity index (χ2n) is 6.15. The van der Waals surface area contributed by atoms with Crippen molar-refractivity contribution < 1.29 is 0 Å². The summed E-state index contributed by atoms with van der Waals surface area (Å²) >= 11 is 0. The highest BCUT2D eigenvalue weighted by Gasteiger charge is 2.19. The third kappa shape index (κ3) is 8.92. The lowest BCUT2D eigenvalue weighted by molar-refractivity contribution is 0.274. The maximum Gasteiger partial charge on any atom is 0.00744 e. The van der Waals surface area contributed by atoms with E-state index in [2.05, 4.69) is 46.9 Å². The van der Waals surface area contributed by atoms with Crippen LogP contribution in [0.25, 0.3) is 0 Å². The molecule has 0 bridgehead atoms. The minimum absolute atomic E-state index is 0.443. The maximum absolute atomic E-state index is 3.63.